The van der Waals surface area contributed by atoms with Gasteiger partial charge in [0.1, 0.15) is 5.69 Å². The summed E-state index contributed by atoms with van der Waals surface area (Å²) in [6.07, 6.45) is 4.75. The van der Waals surface area contributed by atoms with Crippen LogP contribution in [0.2, 0.25) is 0 Å². The molecule has 8 nitrogen and oxygen atoms in total. The molecule has 1 fully saturated rings. The number of aromatic nitrogens is 3. The lowest BCUT2D eigenvalue weighted by atomic mass is 10.2. The van der Waals surface area contributed by atoms with Crippen LogP contribution in [0, 0.1) is 13.8 Å². The highest BCUT2D eigenvalue weighted by atomic mass is 32.2. The highest BCUT2D eigenvalue weighted by molar-refractivity contribution is 7.92. The molecule has 0 saturated carbocycles. The predicted octanol–water partition coefficient (Wildman–Crippen LogP) is 2.26. The monoisotopic (exact) mass is 351 g/mol. The van der Waals surface area contributed by atoms with Gasteiger partial charge in [-0.1, -0.05) is 18.0 Å². The number of sulfonamides is 1. The largest absolute Gasteiger partial charge is 0.360 e. The van der Waals surface area contributed by atoms with Crippen molar-refractivity contribution in [3.8, 4) is 0 Å². The topological polar surface area (TPSA) is 101 Å². The maximum atomic E-state index is 12.4. The Morgan fingerprint density at radius 3 is 2.33 bits per heavy atom. The van der Waals surface area contributed by atoms with E-state index in [1.165, 1.54) is 12.8 Å². The molecule has 0 aliphatic carbocycles. The summed E-state index contributed by atoms with van der Waals surface area (Å²) in [4.78, 5) is 2.23. The number of hydrogen-bond acceptors (Lipinski definition) is 7. The van der Waals surface area contributed by atoms with E-state index in [9.17, 15) is 8.42 Å². The molecule has 1 aliphatic rings. The zero-order valence-electron chi connectivity index (χ0n) is 13.8. The van der Waals surface area contributed by atoms with Gasteiger partial charge >= 0.3 is 0 Å². The summed E-state index contributed by atoms with van der Waals surface area (Å²) in [7, 11) is -3.80. The van der Waals surface area contributed by atoms with Crippen LogP contribution in [0.3, 0.4) is 0 Å². The van der Waals surface area contributed by atoms with Crippen LogP contribution in [-0.4, -0.2) is 36.9 Å². The van der Waals surface area contributed by atoms with Gasteiger partial charge in [-0.05, 0) is 38.8 Å². The van der Waals surface area contributed by atoms with Crippen molar-refractivity contribution in [3.05, 3.63) is 23.6 Å². The Bertz CT molecular complexity index is 774. The van der Waals surface area contributed by atoms with Crippen LogP contribution in [0.1, 0.15) is 37.1 Å². The first-order chi connectivity index (χ1) is 11.5. The second-order valence-corrected chi connectivity index (χ2v) is 7.56. The van der Waals surface area contributed by atoms with Gasteiger partial charge in [0.15, 0.2) is 22.3 Å². The van der Waals surface area contributed by atoms with E-state index in [0.29, 0.717) is 5.69 Å². The van der Waals surface area contributed by atoms with Crippen molar-refractivity contribution in [2.75, 3.05) is 22.7 Å². The van der Waals surface area contributed by atoms with Gasteiger partial charge in [0.25, 0.3) is 10.0 Å². The Kier molecular flexibility index (Phi) is 4.70. The fourth-order valence-electron chi connectivity index (χ4n) is 2.90. The molecular formula is C15H21N5O3S. The summed E-state index contributed by atoms with van der Waals surface area (Å²) < 4.78 is 32.2. The van der Waals surface area contributed by atoms with E-state index in [-0.39, 0.29) is 16.5 Å². The van der Waals surface area contributed by atoms with Crippen LogP contribution in [-0.2, 0) is 10.0 Å². The van der Waals surface area contributed by atoms with Gasteiger partial charge in [-0.15, -0.1) is 10.2 Å². The Morgan fingerprint density at radius 2 is 1.79 bits per heavy atom. The molecule has 1 saturated heterocycles. The molecule has 2 aromatic heterocycles. The SMILES string of the molecule is Cc1noc(C)c1S(=O)(=O)Nc1ccc(N2CCCCCC2)nn1. The highest BCUT2D eigenvalue weighted by Gasteiger charge is 2.25. The first-order valence-electron chi connectivity index (χ1n) is 8.02. The van der Waals surface area contributed by atoms with Crippen LogP contribution in [0.15, 0.2) is 21.6 Å². The van der Waals surface area contributed by atoms with Gasteiger partial charge in [-0.25, -0.2) is 8.42 Å². The van der Waals surface area contributed by atoms with E-state index < -0.39 is 10.0 Å². The number of nitrogens with zero attached hydrogens (tertiary/aromatic N) is 4. The van der Waals surface area contributed by atoms with Crippen LogP contribution in [0.5, 0.6) is 0 Å². The molecule has 3 heterocycles. The minimum absolute atomic E-state index is 0.0425. The first-order valence-corrected chi connectivity index (χ1v) is 9.50. The molecular weight excluding hydrogens is 330 g/mol. The van der Waals surface area contributed by atoms with E-state index in [0.717, 1.165) is 31.7 Å². The molecule has 0 atom stereocenters. The number of hydrogen-bond donors (Lipinski definition) is 1. The van der Waals surface area contributed by atoms with Crippen LogP contribution < -0.4 is 9.62 Å². The molecule has 0 amide bonds. The second kappa shape index (κ2) is 6.76. The minimum Gasteiger partial charge on any atom is -0.360 e. The maximum absolute atomic E-state index is 12.4. The zero-order valence-corrected chi connectivity index (χ0v) is 14.6. The third-order valence-electron chi connectivity index (χ3n) is 4.06. The second-order valence-electron chi connectivity index (χ2n) is 5.94. The molecule has 9 heteroatoms. The van der Waals surface area contributed by atoms with Crippen LogP contribution in [0.4, 0.5) is 11.6 Å². The van der Waals surface area contributed by atoms with Gasteiger partial charge in [-0.2, -0.15) is 0 Å². The van der Waals surface area contributed by atoms with E-state index in [1.807, 2.05) is 0 Å². The molecule has 2 aromatic rings. The van der Waals surface area contributed by atoms with Crippen molar-refractivity contribution in [2.45, 2.75) is 44.4 Å². The Labute approximate surface area is 141 Å². The van der Waals surface area contributed by atoms with Gasteiger partial charge in [0, 0.05) is 13.1 Å². The molecule has 0 radical (unpaired) electrons. The van der Waals surface area contributed by atoms with Crippen molar-refractivity contribution < 1.29 is 12.9 Å². The van der Waals surface area contributed by atoms with Crippen molar-refractivity contribution in [3.63, 3.8) is 0 Å². The number of rotatable bonds is 4. The van der Waals surface area contributed by atoms with Crippen molar-refractivity contribution in [2.24, 2.45) is 0 Å². The summed E-state index contributed by atoms with van der Waals surface area (Å²) in [5.41, 5.74) is 0.314. The van der Waals surface area contributed by atoms with Crippen molar-refractivity contribution >= 4 is 21.7 Å². The standard InChI is InChI=1S/C15H21N5O3S/c1-11-15(12(2)23-18-11)24(21,22)19-13-7-8-14(17-16-13)20-9-5-3-4-6-10-20/h7-8H,3-6,9-10H2,1-2H3,(H,16,19). The van der Waals surface area contributed by atoms with E-state index in [2.05, 4.69) is 25.0 Å². The van der Waals surface area contributed by atoms with E-state index in [1.54, 1.807) is 26.0 Å². The van der Waals surface area contributed by atoms with E-state index in [4.69, 9.17) is 4.52 Å². The fraction of sp³-hybridized carbons (Fsp3) is 0.533. The van der Waals surface area contributed by atoms with Crippen LogP contribution >= 0.6 is 0 Å². The lowest BCUT2D eigenvalue weighted by Gasteiger charge is -2.20. The van der Waals surface area contributed by atoms with Crippen molar-refractivity contribution in [1.82, 2.24) is 15.4 Å². The summed E-state index contributed by atoms with van der Waals surface area (Å²) in [6, 6.07) is 3.42. The lowest BCUT2D eigenvalue weighted by Crippen LogP contribution is -2.25. The van der Waals surface area contributed by atoms with Gasteiger partial charge in [0.2, 0.25) is 0 Å². The summed E-state index contributed by atoms with van der Waals surface area (Å²) >= 11 is 0. The van der Waals surface area contributed by atoms with E-state index >= 15 is 0 Å². The molecule has 24 heavy (non-hydrogen) atoms. The molecule has 3 rings (SSSR count). The quantitative estimate of drug-likeness (QED) is 0.901. The molecule has 0 spiro atoms. The Morgan fingerprint density at radius 1 is 1.08 bits per heavy atom. The average Bonchev–Trinajstić information content (AvgIpc) is 2.76. The minimum atomic E-state index is -3.80. The number of aryl methyl sites for hydroxylation is 2. The maximum Gasteiger partial charge on any atom is 0.268 e. The molecule has 130 valence electrons. The molecule has 0 aromatic carbocycles. The predicted molar refractivity (Wildman–Crippen MR) is 89.5 cm³/mol. The highest BCUT2D eigenvalue weighted by Crippen LogP contribution is 2.22. The third-order valence-corrected chi connectivity index (χ3v) is 5.65. The fourth-order valence-corrected chi connectivity index (χ4v) is 4.22. The smallest absolute Gasteiger partial charge is 0.268 e. The third kappa shape index (κ3) is 3.50. The summed E-state index contributed by atoms with van der Waals surface area (Å²) in [5, 5.41) is 11.8. The summed E-state index contributed by atoms with van der Waals surface area (Å²) in [6.45, 7) is 5.06. The van der Waals surface area contributed by atoms with Crippen molar-refractivity contribution in [1.29, 1.82) is 0 Å². The van der Waals surface area contributed by atoms with Gasteiger partial charge < -0.3 is 9.42 Å². The van der Waals surface area contributed by atoms with Gasteiger partial charge in [-0.3, -0.25) is 4.72 Å². The normalized spacial score (nSPS) is 16.0. The number of anilines is 2. The zero-order chi connectivity index (χ0) is 17.2. The van der Waals surface area contributed by atoms with Crippen LogP contribution in [0.25, 0.3) is 0 Å². The Hall–Kier alpha value is -2.16. The molecule has 0 bridgehead atoms. The van der Waals surface area contributed by atoms with Gasteiger partial charge in [0.05, 0.1) is 0 Å². The molecule has 1 aliphatic heterocycles. The lowest BCUT2D eigenvalue weighted by molar-refractivity contribution is 0.390. The average molecular weight is 351 g/mol. The Balaban J connectivity index is 1.76. The summed E-state index contributed by atoms with van der Waals surface area (Å²) in [5.74, 6) is 1.19. The molecule has 0 unspecified atom stereocenters. The number of nitrogens with one attached hydrogen (secondary N) is 1. The molecule has 1 N–H and O–H groups in total. The first kappa shape index (κ1) is 16.7.